The van der Waals surface area contributed by atoms with Gasteiger partial charge in [0.25, 0.3) is 11.7 Å². The van der Waals surface area contributed by atoms with E-state index in [0.29, 0.717) is 41.6 Å². The van der Waals surface area contributed by atoms with Crippen LogP contribution < -0.4 is 9.47 Å². The van der Waals surface area contributed by atoms with Crippen molar-refractivity contribution in [3.8, 4) is 11.5 Å². The topological polar surface area (TPSA) is 89.2 Å². The first-order valence-corrected chi connectivity index (χ1v) is 10.8. The highest BCUT2D eigenvalue weighted by molar-refractivity contribution is 9.10. The van der Waals surface area contributed by atoms with E-state index >= 15 is 0 Å². The number of carbonyl (C=O) groups excluding carboxylic acids is 2. The van der Waals surface area contributed by atoms with Crippen LogP contribution in [-0.2, 0) is 16.1 Å². The van der Waals surface area contributed by atoms with Gasteiger partial charge in [0.15, 0.2) is 11.5 Å². The Morgan fingerprint density at radius 2 is 1.84 bits per heavy atom. The summed E-state index contributed by atoms with van der Waals surface area (Å²) >= 11 is 3.45. The summed E-state index contributed by atoms with van der Waals surface area (Å²) < 4.78 is 17.3. The number of amides is 1. The summed E-state index contributed by atoms with van der Waals surface area (Å²) in [6.45, 7) is 0.925. The van der Waals surface area contributed by atoms with Crippen LogP contribution >= 0.6 is 15.9 Å². The molecule has 0 aliphatic carbocycles. The third kappa shape index (κ3) is 3.56. The summed E-state index contributed by atoms with van der Waals surface area (Å²) in [6.07, 6.45) is 1.51. The van der Waals surface area contributed by atoms with E-state index in [0.717, 1.165) is 4.47 Å². The minimum atomic E-state index is -0.786. The lowest BCUT2D eigenvalue weighted by atomic mass is 9.95. The van der Waals surface area contributed by atoms with Crippen LogP contribution in [0.15, 0.2) is 75.3 Å². The fraction of sp³-hybridized carbons (Fsp3) is 0.167. The lowest BCUT2D eigenvalue weighted by molar-refractivity contribution is -0.140. The van der Waals surface area contributed by atoms with E-state index in [-0.39, 0.29) is 17.9 Å². The van der Waals surface area contributed by atoms with Gasteiger partial charge in [0.05, 0.1) is 24.4 Å². The van der Waals surface area contributed by atoms with Crippen LogP contribution in [0, 0.1) is 0 Å². The number of hydrogen-bond donors (Lipinski definition) is 1. The van der Waals surface area contributed by atoms with E-state index in [4.69, 9.17) is 13.9 Å². The number of ether oxygens (including phenoxy) is 2. The number of ketones is 1. The van der Waals surface area contributed by atoms with E-state index in [1.165, 1.54) is 11.2 Å². The lowest BCUT2D eigenvalue weighted by Gasteiger charge is -2.25. The standard InChI is InChI=1S/C24H18BrNO6/c25-16-4-1-3-14(11-16)21-20(23(28)24(29)26(21)13-17-5-2-8-30-17)22(27)15-6-7-18-19(12-15)32-10-9-31-18/h1-8,11-12,21,27H,9-10,13H2/b22-20+. The molecule has 1 saturated heterocycles. The van der Waals surface area contributed by atoms with Gasteiger partial charge in [-0.2, -0.15) is 0 Å². The van der Waals surface area contributed by atoms with Crippen LogP contribution in [0.1, 0.15) is 22.9 Å². The average molecular weight is 496 g/mol. The Hall–Kier alpha value is -3.52. The fourth-order valence-corrected chi connectivity index (χ4v) is 4.40. The zero-order valence-electron chi connectivity index (χ0n) is 16.8. The zero-order chi connectivity index (χ0) is 22.2. The molecule has 162 valence electrons. The maximum Gasteiger partial charge on any atom is 0.296 e. The number of fused-ring (bicyclic) bond motifs is 1. The van der Waals surface area contributed by atoms with Crippen LogP contribution in [0.2, 0.25) is 0 Å². The predicted octanol–water partition coefficient (Wildman–Crippen LogP) is 4.44. The van der Waals surface area contributed by atoms with Crippen molar-refractivity contribution in [3.63, 3.8) is 0 Å². The fourth-order valence-electron chi connectivity index (χ4n) is 3.98. The molecule has 2 aliphatic rings. The maximum absolute atomic E-state index is 13.1. The number of Topliss-reactive ketones (excluding diaryl/α,β-unsaturated/α-hetero) is 1. The Labute approximate surface area is 192 Å². The Morgan fingerprint density at radius 1 is 1.03 bits per heavy atom. The van der Waals surface area contributed by atoms with Crippen LogP contribution in [0.5, 0.6) is 11.5 Å². The molecule has 1 unspecified atom stereocenters. The second-order valence-electron chi connectivity index (χ2n) is 7.42. The van der Waals surface area contributed by atoms with E-state index in [2.05, 4.69) is 15.9 Å². The smallest absolute Gasteiger partial charge is 0.296 e. The third-order valence-corrected chi connectivity index (χ3v) is 5.92. The molecule has 2 aromatic carbocycles. The molecule has 8 heteroatoms. The lowest BCUT2D eigenvalue weighted by Crippen LogP contribution is -2.29. The van der Waals surface area contributed by atoms with Gasteiger partial charge in [-0.3, -0.25) is 9.59 Å². The largest absolute Gasteiger partial charge is 0.507 e. The van der Waals surface area contributed by atoms with Gasteiger partial charge in [-0.1, -0.05) is 28.1 Å². The molecular formula is C24H18BrNO6. The highest BCUT2D eigenvalue weighted by Gasteiger charge is 2.46. The molecule has 7 nitrogen and oxygen atoms in total. The highest BCUT2D eigenvalue weighted by Crippen LogP contribution is 2.42. The third-order valence-electron chi connectivity index (χ3n) is 5.43. The summed E-state index contributed by atoms with van der Waals surface area (Å²) in [5.74, 6) is -0.156. The van der Waals surface area contributed by atoms with E-state index in [1.54, 1.807) is 30.3 Å². The van der Waals surface area contributed by atoms with Gasteiger partial charge in [0.2, 0.25) is 0 Å². The summed E-state index contributed by atoms with van der Waals surface area (Å²) in [4.78, 5) is 27.5. The molecule has 3 aromatic rings. The quantitative estimate of drug-likeness (QED) is 0.327. The number of hydrogen-bond acceptors (Lipinski definition) is 6. The molecule has 32 heavy (non-hydrogen) atoms. The highest BCUT2D eigenvalue weighted by atomic mass is 79.9. The number of halogens is 1. The monoisotopic (exact) mass is 495 g/mol. The molecule has 0 bridgehead atoms. The van der Waals surface area contributed by atoms with Crippen molar-refractivity contribution in [2.45, 2.75) is 12.6 Å². The molecule has 5 rings (SSSR count). The number of benzene rings is 2. The van der Waals surface area contributed by atoms with Crippen molar-refractivity contribution >= 4 is 33.4 Å². The van der Waals surface area contributed by atoms with Crippen molar-refractivity contribution in [2.24, 2.45) is 0 Å². The van der Waals surface area contributed by atoms with Gasteiger partial charge >= 0.3 is 0 Å². The Morgan fingerprint density at radius 3 is 2.59 bits per heavy atom. The molecule has 1 fully saturated rings. The van der Waals surface area contributed by atoms with Crippen LogP contribution in [0.4, 0.5) is 0 Å². The van der Waals surface area contributed by atoms with Gasteiger partial charge in [0, 0.05) is 10.0 Å². The van der Waals surface area contributed by atoms with E-state index in [1.807, 2.05) is 24.3 Å². The number of aliphatic hydroxyl groups excluding tert-OH is 1. The summed E-state index contributed by atoms with van der Waals surface area (Å²) in [7, 11) is 0. The SMILES string of the molecule is O=C1C(=O)N(Cc2ccco2)C(c2cccc(Br)c2)/C1=C(\O)c1ccc2c(c1)OCCO2. The molecule has 0 saturated carbocycles. The van der Waals surface area contributed by atoms with Crippen molar-refractivity contribution < 1.29 is 28.6 Å². The minimum Gasteiger partial charge on any atom is -0.507 e. The number of likely N-dealkylation sites (tertiary alicyclic amines) is 1. The predicted molar refractivity (Wildman–Crippen MR) is 118 cm³/mol. The van der Waals surface area contributed by atoms with Crippen LogP contribution in [0.25, 0.3) is 5.76 Å². The molecule has 3 heterocycles. The van der Waals surface area contributed by atoms with Gasteiger partial charge < -0.3 is 23.9 Å². The Balaban J connectivity index is 1.64. The maximum atomic E-state index is 13.1. The number of aliphatic hydroxyl groups is 1. The zero-order valence-corrected chi connectivity index (χ0v) is 18.4. The van der Waals surface area contributed by atoms with Crippen molar-refractivity contribution in [3.05, 3.63) is 87.8 Å². The first-order valence-electron chi connectivity index (χ1n) is 9.99. The summed E-state index contributed by atoms with van der Waals surface area (Å²) in [6, 6.07) is 14.9. The molecular weight excluding hydrogens is 478 g/mol. The van der Waals surface area contributed by atoms with Crippen molar-refractivity contribution in [2.75, 3.05) is 13.2 Å². The molecule has 1 N–H and O–H groups in total. The second kappa shape index (κ2) is 8.20. The molecule has 1 atom stereocenters. The molecule has 2 aliphatic heterocycles. The number of carbonyl (C=O) groups is 2. The Kier molecular flexibility index (Phi) is 5.22. The number of furan rings is 1. The van der Waals surface area contributed by atoms with E-state index in [9.17, 15) is 14.7 Å². The molecule has 1 aromatic heterocycles. The van der Waals surface area contributed by atoms with Gasteiger partial charge in [-0.05, 0) is 48.0 Å². The summed E-state index contributed by atoms with van der Waals surface area (Å²) in [5, 5.41) is 11.2. The number of rotatable bonds is 4. The molecule has 0 spiro atoms. The van der Waals surface area contributed by atoms with Gasteiger partial charge in [0.1, 0.15) is 24.7 Å². The Bertz CT molecular complexity index is 1230. The molecule has 0 radical (unpaired) electrons. The van der Waals surface area contributed by atoms with Crippen molar-refractivity contribution in [1.29, 1.82) is 0 Å². The molecule has 1 amide bonds. The number of nitrogens with zero attached hydrogens (tertiary/aromatic N) is 1. The first-order chi connectivity index (χ1) is 15.5. The van der Waals surface area contributed by atoms with Crippen molar-refractivity contribution in [1.82, 2.24) is 4.90 Å². The first kappa shape index (κ1) is 20.4. The minimum absolute atomic E-state index is 0.0105. The second-order valence-corrected chi connectivity index (χ2v) is 8.34. The van der Waals surface area contributed by atoms with Gasteiger partial charge in [-0.25, -0.2) is 0 Å². The average Bonchev–Trinajstić information content (AvgIpc) is 3.41. The van der Waals surface area contributed by atoms with Crippen LogP contribution in [0.3, 0.4) is 0 Å². The normalized spacial score (nSPS) is 19.4. The summed E-state index contributed by atoms with van der Waals surface area (Å²) in [5.41, 5.74) is 1.06. The van der Waals surface area contributed by atoms with E-state index < -0.39 is 17.7 Å². The van der Waals surface area contributed by atoms with Crippen LogP contribution in [-0.4, -0.2) is 34.9 Å². The van der Waals surface area contributed by atoms with Gasteiger partial charge in [-0.15, -0.1) is 0 Å².